The molecule has 0 radical (unpaired) electrons. The van der Waals surface area contributed by atoms with Gasteiger partial charge in [0.15, 0.2) is 0 Å². The number of nitrogens with zero attached hydrogens (tertiary/aromatic N) is 1. The van der Waals surface area contributed by atoms with E-state index in [1.165, 1.54) is 12.8 Å². The summed E-state index contributed by atoms with van der Waals surface area (Å²) in [6.45, 7) is 11.2. The van der Waals surface area contributed by atoms with E-state index in [1.807, 2.05) is 12.1 Å². The van der Waals surface area contributed by atoms with Crippen molar-refractivity contribution in [3.63, 3.8) is 0 Å². The van der Waals surface area contributed by atoms with E-state index in [4.69, 9.17) is 9.31 Å². The molecule has 120 valence electrons. The highest BCUT2D eigenvalue weighted by Crippen LogP contribution is 2.36. The minimum Gasteiger partial charge on any atom is -0.508 e. The second-order valence-corrected chi connectivity index (χ2v) is 7.46. The van der Waals surface area contributed by atoms with Gasteiger partial charge in [-0.1, -0.05) is 12.1 Å². The average molecular weight is 303 g/mol. The highest BCUT2D eigenvalue weighted by atomic mass is 16.7. The van der Waals surface area contributed by atoms with Crippen LogP contribution in [-0.2, 0) is 15.9 Å². The van der Waals surface area contributed by atoms with Gasteiger partial charge in [0.2, 0.25) is 0 Å². The first-order valence-corrected chi connectivity index (χ1v) is 8.18. The van der Waals surface area contributed by atoms with Crippen molar-refractivity contribution in [3.8, 4) is 5.75 Å². The zero-order chi connectivity index (χ0) is 16.0. The molecule has 3 rings (SSSR count). The molecule has 0 spiro atoms. The standard InChI is InChI=1S/C17H26BNO3/c1-16(2)17(3,4)22-18(21-16)14-7-8-15(20)13(11-14)12-19-9-5-6-10-19/h7-8,11,20H,5-6,9-10,12H2,1-4H3. The van der Waals surface area contributed by atoms with Crippen LogP contribution in [0.5, 0.6) is 5.75 Å². The normalized spacial score (nSPS) is 24.1. The molecule has 2 fully saturated rings. The first-order valence-electron chi connectivity index (χ1n) is 8.18. The molecular formula is C17H26BNO3. The molecule has 0 atom stereocenters. The van der Waals surface area contributed by atoms with E-state index in [9.17, 15) is 5.11 Å². The zero-order valence-corrected chi connectivity index (χ0v) is 14.1. The number of phenolic OH excluding ortho intramolecular Hbond substituents is 1. The van der Waals surface area contributed by atoms with Crippen molar-refractivity contribution in [2.24, 2.45) is 0 Å². The average Bonchev–Trinajstić information content (AvgIpc) is 2.99. The lowest BCUT2D eigenvalue weighted by Crippen LogP contribution is -2.41. The van der Waals surface area contributed by atoms with Crippen LogP contribution >= 0.6 is 0 Å². The maximum atomic E-state index is 10.1. The Morgan fingerprint density at radius 1 is 1.09 bits per heavy atom. The van der Waals surface area contributed by atoms with E-state index in [2.05, 4.69) is 32.6 Å². The monoisotopic (exact) mass is 303 g/mol. The first kappa shape index (κ1) is 15.8. The summed E-state index contributed by atoms with van der Waals surface area (Å²) in [5, 5.41) is 10.1. The minimum absolute atomic E-state index is 0.343. The molecule has 22 heavy (non-hydrogen) atoms. The van der Waals surface area contributed by atoms with Crippen LogP contribution in [0, 0.1) is 0 Å². The number of hydrogen-bond donors (Lipinski definition) is 1. The Kier molecular flexibility index (Phi) is 4.00. The van der Waals surface area contributed by atoms with Gasteiger partial charge in [-0.2, -0.15) is 0 Å². The number of phenols is 1. The van der Waals surface area contributed by atoms with E-state index in [-0.39, 0.29) is 18.3 Å². The maximum Gasteiger partial charge on any atom is 0.494 e. The van der Waals surface area contributed by atoms with E-state index in [0.29, 0.717) is 5.75 Å². The van der Waals surface area contributed by atoms with Crippen LogP contribution in [0.2, 0.25) is 0 Å². The van der Waals surface area contributed by atoms with Crippen molar-refractivity contribution in [1.82, 2.24) is 4.90 Å². The Bertz CT molecular complexity index is 537. The third-order valence-corrected chi connectivity index (χ3v) is 5.22. The topological polar surface area (TPSA) is 41.9 Å². The molecule has 4 nitrogen and oxygen atoms in total. The molecule has 1 N–H and O–H groups in total. The van der Waals surface area contributed by atoms with Crippen molar-refractivity contribution in [3.05, 3.63) is 23.8 Å². The van der Waals surface area contributed by atoms with Gasteiger partial charge in [-0.15, -0.1) is 0 Å². The molecule has 0 unspecified atom stereocenters. The summed E-state index contributed by atoms with van der Waals surface area (Å²) < 4.78 is 12.2. The quantitative estimate of drug-likeness (QED) is 0.870. The second kappa shape index (κ2) is 5.55. The van der Waals surface area contributed by atoms with Crippen LogP contribution in [0.15, 0.2) is 18.2 Å². The van der Waals surface area contributed by atoms with Crippen LogP contribution in [-0.4, -0.2) is 41.4 Å². The third kappa shape index (κ3) is 2.90. The highest BCUT2D eigenvalue weighted by Gasteiger charge is 2.51. The molecule has 0 saturated carbocycles. The summed E-state index contributed by atoms with van der Waals surface area (Å²) in [7, 11) is -0.372. The van der Waals surface area contributed by atoms with Gasteiger partial charge >= 0.3 is 7.12 Å². The predicted octanol–water partition coefficient (Wildman–Crippen LogP) is 2.29. The fourth-order valence-corrected chi connectivity index (χ4v) is 3.04. The Morgan fingerprint density at radius 3 is 2.27 bits per heavy atom. The van der Waals surface area contributed by atoms with Crippen molar-refractivity contribution in [2.45, 2.75) is 58.3 Å². The van der Waals surface area contributed by atoms with Gasteiger partial charge in [0, 0.05) is 12.1 Å². The molecule has 5 heteroatoms. The van der Waals surface area contributed by atoms with Gasteiger partial charge in [0.25, 0.3) is 0 Å². The summed E-state index contributed by atoms with van der Waals surface area (Å²) in [5.74, 6) is 0.354. The number of hydrogen-bond acceptors (Lipinski definition) is 4. The molecule has 2 saturated heterocycles. The van der Waals surface area contributed by atoms with Gasteiger partial charge in [-0.25, -0.2) is 0 Å². The van der Waals surface area contributed by atoms with Crippen LogP contribution in [0.4, 0.5) is 0 Å². The molecule has 2 heterocycles. The summed E-state index contributed by atoms with van der Waals surface area (Å²) >= 11 is 0. The molecule has 0 aliphatic carbocycles. The molecular weight excluding hydrogens is 277 g/mol. The van der Waals surface area contributed by atoms with Crippen LogP contribution in [0.25, 0.3) is 0 Å². The minimum atomic E-state index is -0.372. The smallest absolute Gasteiger partial charge is 0.494 e. The Morgan fingerprint density at radius 2 is 1.68 bits per heavy atom. The molecule has 2 aliphatic heterocycles. The molecule has 1 aromatic rings. The van der Waals surface area contributed by atoms with E-state index in [0.717, 1.165) is 30.7 Å². The lowest BCUT2D eigenvalue weighted by atomic mass is 9.78. The van der Waals surface area contributed by atoms with Gasteiger partial charge in [0.05, 0.1) is 11.2 Å². The van der Waals surface area contributed by atoms with Crippen LogP contribution in [0.1, 0.15) is 46.1 Å². The molecule has 2 aliphatic rings. The molecule has 1 aromatic carbocycles. The molecule has 0 amide bonds. The highest BCUT2D eigenvalue weighted by molar-refractivity contribution is 6.62. The van der Waals surface area contributed by atoms with Crippen LogP contribution in [0.3, 0.4) is 0 Å². The van der Waals surface area contributed by atoms with Crippen molar-refractivity contribution < 1.29 is 14.4 Å². The Hall–Kier alpha value is -1.04. The van der Waals surface area contributed by atoms with Gasteiger partial charge in [-0.05, 0) is 65.2 Å². The zero-order valence-electron chi connectivity index (χ0n) is 14.1. The van der Waals surface area contributed by atoms with Crippen molar-refractivity contribution >= 4 is 12.6 Å². The Balaban J connectivity index is 1.80. The Labute approximate surface area is 133 Å². The number of likely N-dealkylation sites (tertiary alicyclic amines) is 1. The number of aromatic hydroxyl groups is 1. The second-order valence-electron chi connectivity index (χ2n) is 7.46. The van der Waals surface area contributed by atoms with Gasteiger partial charge in [-0.3, -0.25) is 4.90 Å². The van der Waals surface area contributed by atoms with E-state index >= 15 is 0 Å². The summed E-state index contributed by atoms with van der Waals surface area (Å²) in [5.41, 5.74) is 1.25. The van der Waals surface area contributed by atoms with Gasteiger partial charge in [0.1, 0.15) is 5.75 Å². The van der Waals surface area contributed by atoms with E-state index in [1.54, 1.807) is 6.07 Å². The fraction of sp³-hybridized carbons (Fsp3) is 0.647. The summed E-state index contributed by atoms with van der Waals surface area (Å²) in [6.07, 6.45) is 2.50. The summed E-state index contributed by atoms with van der Waals surface area (Å²) in [6, 6.07) is 5.67. The molecule has 0 bridgehead atoms. The lowest BCUT2D eigenvalue weighted by molar-refractivity contribution is 0.00578. The van der Waals surface area contributed by atoms with E-state index < -0.39 is 0 Å². The van der Waals surface area contributed by atoms with Crippen molar-refractivity contribution in [2.75, 3.05) is 13.1 Å². The summed E-state index contributed by atoms with van der Waals surface area (Å²) in [4.78, 5) is 2.38. The number of rotatable bonds is 3. The first-order chi connectivity index (χ1) is 10.3. The maximum absolute atomic E-state index is 10.1. The van der Waals surface area contributed by atoms with Crippen molar-refractivity contribution in [1.29, 1.82) is 0 Å². The largest absolute Gasteiger partial charge is 0.508 e. The predicted molar refractivity (Wildman–Crippen MR) is 88.3 cm³/mol. The third-order valence-electron chi connectivity index (χ3n) is 5.22. The molecule has 0 aromatic heterocycles. The SMILES string of the molecule is CC1(C)OB(c2ccc(O)c(CN3CCCC3)c2)OC1(C)C. The van der Waals surface area contributed by atoms with Gasteiger partial charge < -0.3 is 14.4 Å². The van der Waals surface area contributed by atoms with Crippen LogP contribution < -0.4 is 5.46 Å². The number of benzene rings is 1. The lowest BCUT2D eigenvalue weighted by Gasteiger charge is -2.32. The fourth-order valence-electron chi connectivity index (χ4n) is 3.04.